The summed E-state index contributed by atoms with van der Waals surface area (Å²) in [6.07, 6.45) is -0.400. The Balaban J connectivity index is 2.30. The summed E-state index contributed by atoms with van der Waals surface area (Å²) in [5, 5.41) is 17.7. The van der Waals surface area contributed by atoms with Gasteiger partial charge >= 0.3 is 6.09 Å². The van der Waals surface area contributed by atoms with Crippen LogP contribution in [-0.2, 0) is 18.2 Å². The molecule has 0 saturated carbocycles. The van der Waals surface area contributed by atoms with Gasteiger partial charge in [0.15, 0.2) is 5.82 Å². The number of aromatic hydroxyl groups is 1. The summed E-state index contributed by atoms with van der Waals surface area (Å²) in [6, 6.07) is 5.23. The van der Waals surface area contributed by atoms with E-state index in [1.807, 2.05) is 0 Å². The molecule has 0 saturated heterocycles. The molecule has 130 valence electrons. The van der Waals surface area contributed by atoms with E-state index in [9.17, 15) is 9.90 Å². The predicted molar refractivity (Wildman–Crippen MR) is 94.0 cm³/mol. The summed E-state index contributed by atoms with van der Waals surface area (Å²) >= 11 is 12.2. The number of carbonyl (C=O) groups excluding carboxylic acids is 1. The molecule has 1 aromatic heterocycles. The van der Waals surface area contributed by atoms with E-state index in [4.69, 9.17) is 27.9 Å². The number of halogens is 2. The highest BCUT2D eigenvalue weighted by molar-refractivity contribution is 6.42. The van der Waals surface area contributed by atoms with Crippen LogP contribution in [0.25, 0.3) is 0 Å². The van der Waals surface area contributed by atoms with E-state index in [2.05, 4.69) is 10.4 Å². The molecule has 24 heavy (non-hydrogen) atoms. The normalized spacial score (nSPS) is 11.4. The fraction of sp³-hybridized carbons (Fsp3) is 0.375. The lowest BCUT2D eigenvalue weighted by Crippen LogP contribution is -2.27. The largest absolute Gasteiger partial charge is 0.493 e. The number of nitrogens with zero attached hydrogens (tertiary/aromatic N) is 2. The summed E-state index contributed by atoms with van der Waals surface area (Å²) in [4.78, 5) is 12.0. The van der Waals surface area contributed by atoms with Crippen molar-refractivity contribution < 1.29 is 14.6 Å². The van der Waals surface area contributed by atoms with Crippen molar-refractivity contribution in [3.8, 4) is 5.88 Å². The van der Waals surface area contributed by atoms with Crippen molar-refractivity contribution in [1.82, 2.24) is 9.78 Å². The zero-order valence-electron chi connectivity index (χ0n) is 13.9. The Morgan fingerprint density at radius 1 is 1.38 bits per heavy atom. The van der Waals surface area contributed by atoms with Crippen LogP contribution < -0.4 is 5.32 Å². The minimum absolute atomic E-state index is 0.0721. The van der Waals surface area contributed by atoms with Crippen molar-refractivity contribution in [2.45, 2.75) is 32.8 Å². The van der Waals surface area contributed by atoms with Gasteiger partial charge in [0.2, 0.25) is 5.88 Å². The third kappa shape index (κ3) is 4.33. The summed E-state index contributed by atoms with van der Waals surface area (Å²) in [7, 11) is 1.57. The smallest absolute Gasteiger partial charge is 0.413 e. The molecule has 1 heterocycles. The molecule has 0 aliphatic heterocycles. The SMILES string of the molecule is Cn1nc(NC(=O)OC(C)(C)C)c(Cc2cccc(Cl)c2Cl)c1O. The maximum absolute atomic E-state index is 12.0. The van der Waals surface area contributed by atoms with E-state index in [1.54, 1.807) is 46.0 Å². The van der Waals surface area contributed by atoms with Crippen molar-refractivity contribution in [3.63, 3.8) is 0 Å². The van der Waals surface area contributed by atoms with Crippen LogP contribution in [-0.4, -0.2) is 26.6 Å². The molecule has 2 rings (SSSR count). The molecule has 6 nitrogen and oxygen atoms in total. The minimum Gasteiger partial charge on any atom is -0.493 e. The molecule has 1 aromatic carbocycles. The average molecular weight is 372 g/mol. The number of rotatable bonds is 3. The van der Waals surface area contributed by atoms with Crippen molar-refractivity contribution in [1.29, 1.82) is 0 Å². The third-order valence-corrected chi connectivity index (χ3v) is 3.99. The van der Waals surface area contributed by atoms with Gasteiger partial charge in [-0.25, -0.2) is 9.48 Å². The van der Waals surface area contributed by atoms with Gasteiger partial charge in [0.25, 0.3) is 0 Å². The maximum Gasteiger partial charge on any atom is 0.413 e. The Labute approximate surface area is 150 Å². The minimum atomic E-state index is -0.654. The lowest BCUT2D eigenvalue weighted by Gasteiger charge is -2.19. The summed E-state index contributed by atoms with van der Waals surface area (Å²) in [5.41, 5.74) is 0.490. The summed E-state index contributed by atoms with van der Waals surface area (Å²) < 4.78 is 6.48. The van der Waals surface area contributed by atoms with Crippen LogP contribution in [0.15, 0.2) is 18.2 Å². The second-order valence-electron chi connectivity index (χ2n) is 6.29. The van der Waals surface area contributed by atoms with E-state index in [0.29, 0.717) is 21.2 Å². The molecule has 0 bridgehead atoms. The van der Waals surface area contributed by atoms with Gasteiger partial charge in [-0.3, -0.25) is 5.32 Å². The highest BCUT2D eigenvalue weighted by atomic mass is 35.5. The van der Waals surface area contributed by atoms with E-state index >= 15 is 0 Å². The molecular weight excluding hydrogens is 353 g/mol. The number of hydrogen-bond acceptors (Lipinski definition) is 4. The van der Waals surface area contributed by atoms with Gasteiger partial charge in [-0.2, -0.15) is 5.10 Å². The van der Waals surface area contributed by atoms with Crippen LogP contribution in [0.3, 0.4) is 0 Å². The van der Waals surface area contributed by atoms with E-state index < -0.39 is 11.7 Å². The first-order chi connectivity index (χ1) is 11.1. The van der Waals surface area contributed by atoms with Gasteiger partial charge in [0, 0.05) is 13.5 Å². The first-order valence-corrected chi connectivity index (χ1v) is 8.02. The molecule has 0 atom stereocenters. The monoisotopic (exact) mass is 371 g/mol. The molecule has 2 aromatic rings. The number of benzene rings is 1. The standard InChI is InChI=1S/C16H19Cl2N3O3/c1-16(2,3)24-15(23)19-13-10(14(22)21(4)20-13)8-9-6-5-7-11(17)12(9)18/h5-7,22H,8H2,1-4H3,(H,19,20,23). The molecular formula is C16H19Cl2N3O3. The molecule has 0 unspecified atom stereocenters. The van der Waals surface area contributed by atoms with Crippen LogP contribution in [0, 0.1) is 0 Å². The van der Waals surface area contributed by atoms with Crippen molar-refractivity contribution >= 4 is 35.1 Å². The van der Waals surface area contributed by atoms with Crippen LogP contribution in [0.1, 0.15) is 31.9 Å². The summed E-state index contributed by atoms with van der Waals surface area (Å²) in [5.74, 6) is 0.136. The van der Waals surface area contributed by atoms with E-state index in [0.717, 1.165) is 0 Å². The zero-order chi connectivity index (χ0) is 18.1. The Hall–Kier alpha value is -1.92. The topological polar surface area (TPSA) is 76.4 Å². The molecule has 0 radical (unpaired) electrons. The molecule has 0 aliphatic carbocycles. The number of aromatic nitrogens is 2. The first kappa shape index (κ1) is 18.4. The molecule has 8 heteroatoms. The molecule has 0 aliphatic rings. The van der Waals surface area contributed by atoms with Crippen molar-refractivity contribution in [2.24, 2.45) is 7.05 Å². The molecule has 0 spiro atoms. The lowest BCUT2D eigenvalue weighted by molar-refractivity contribution is 0.0635. The van der Waals surface area contributed by atoms with Gasteiger partial charge in [-0.05, 0) is 32.4 Å². The summed E-state index contributed by atoms with van der Waals surface area (Å²) in [6.45, 7) is 5.28. The van der Waals surface area contributed by atoms with Crippen LogP contribution in [0.4, 0.5) is 10.6 Å². The number of anilines is 1. The molecule has 1 amide bonds. The number of carbonyl (C=O) groups is 1. The third-order valence-electron chi connectivity index (χ3n) is 3.13. The van der Waals surface area contributed by atoms with E-state index in [1.165, 1.54) is 4.68 Å². The first-order valence-electron chi connectivity index (χ1n) is 7.26. The van der Waals surface area contributed by atoms with Gasteiger partial charge in [-0.15, -0.1) is 0 Å². The van der Waals surface area contributed by atoms with Gasteiger partial charge in [0.1, 0.15) is 5.60 Å². The van der Waals surface area contributed by atoms with Crippen molar-refractivity contribution in [2.75, 3.05) is 5.32 Å². The van der Waals surface area contributed by atoms with Crippen LogP contribution in [0.2, 0.25) is 10.0 Å². The quantitative estimate of drug-likeness (QED) is 0.839. The number of ether oxygens (including phenoxy) is 1. The second-order valence-corrected chi connectivity index (χ2v) is 7.08. The number of nitrogens with one attached hydrogen (secondary N) is 1. The maximum atomic E-state index is 12.0. The number of aryl methyl sites for hydroxylation is 1. The van der Waals surface area contributed by atoms with E-state index in [-0.39, 0.29) is 18.1 Å². The highest BCUT2D eigenvalue weighted by Crippen LogP contribution is 2.32. The zero-order valence-corrected chi connectivity index (χ0v) is 15.4. The van der Waals surface area contributed by atoms with Crippen LogP contribution >= 0.6 is 23.2 Å². The van der Waals surface area contributed by atoms with Crippen LogP contribution in [0.5, 0.6) is 5.88 Å². The van der Waals surface area contributed by atoms with Gasteiger partial charge in [-0.1, -0.05) is 35.3 Å². The second kappa shape index (κ2) is 6.91. The highest BCUT2D eigenvalue weighted by Gasteiger charge is 2.22. The fourth-order valence-electron chi connectivity index (χ4n) is 2.10. The predicted octanol–water partition coefficient (Wildman–Crippen LogP) is 4.37. The fourth-order valence-corrected chi connectivity index (χ4v) is 2.48. The Bertz CT molecular complexity index is 767. The molecule has 0 fully saturated rings. The molecule has 2 N–H and O–H groups in total. The number of hydrogen-bond donors (Lipinski definition) is 2. The van der Waals surface area contributed by atoms with Crippen molar-refractivity contribution in [3.05, 3.63) is 39.4 Å². The van der Waals surface area contributed by atoms with Gasteiger partial charge in [0.05, 0.1) is 15.6 Å². The average Bonchev–Trinajstić information content (AvgIpc) is 2.69. The lowest BCUT2D eigenvalue weighted by atomic mass is 10.1. The Kier molecular flexibility index (Phi) is 5.30. The Morgan fingerprint density at radius 2 is 2.04 bits per heavy atom. The Morgan fingerprint density at radius 3 is 2.67 bits per heavy atom. The van der Waals surface area contributed by atoms with Gasteiger partial charge < -0.3 is 9.84 Å². The number of amides is 1.